The summed E-state index contributed by atoms with van der Waals surface area (Å²) in [5.74, 6) is -1.31. The Balaban J connectivity index is 2.27. The first kappa shape index (κ1) is 15.0. The second-order valence-electron chi connectivity index (χ2n) is 5.12. The Bertz CT molecular complexity index is 583. The maximum absolute atomic E-state index is 13.0. The molecule has 2 amide bonds. The molecule has 1 aromatic carbocycles. The lowest BCUT2D eigenvalue weighted by molar-refractivity contribution is -0.119. The molecule has 1 aliphatic rings. The van der Waals surface area contributed by atoms with Crippen molar-refractivity contribution in [2.24, 2.45) is 10.8 Å². The minimum atomic E-state index is -0.747. The molecule has 1 atom stereocenters. The monoisotopic (exact) mass is 292 g/mol. The van der Waals surface area contributed by atoms with Crippen molar-refractivity contribution in [3.8, 4) is 0 Å². The fraction of sp³-hybridized carbons (Fsp3) is 0.357. The Morgan fingerprint density at radius 1 is 1.38 bits per heavy atom. The molecule has 1 aromatic rings. The third-order valence-corrected chi connectivity index (χ3v) is 3.01. The standard InChI is InChI=1S/C14H17FN4O2/c1-8(2)17-14(21)11-7-12(13(16)20)19(18-11)10-5-3-9(15)4-6-10/h3-6,8,12H,7H2,1-2H3,(H2,16,20)(H,17,21). The lowest BCUT2D eigenvalue weighted by Crippen LogP contribution is -2.40. The van der Waals surface area contributed by atoms with Crippen molar-refractivity contribution in [1.29, 1.82) is 0 Å². The van der Waals surface area contributed by atoms with Crippen LogP contribution in [0.3, 0.4) is 0 Å². The van der Waals surface area contributed by atoms with Gasteiger partial charge in [-0.1, -0.05) is 0 Å². The second kappa shape index (κ2) is 5.90. The fourth-order valence-corrected chi connectivity index (χ4v) is 2.05. The normalized spacial score (nSPS) is 17.8. The highest BCUT2D eigenvalue weighted by atomic mass is 19.1. The van der Waals surface area contributed by atoms with Crippen LogP contribution < -0.4 is 16.1 Å². The predicted molar refractivity (Wildman–Crippen MR) is 77.2 cm³/mol. The highest BCUT2D eigenvalue weighted by Gasteiger charge is 2.35. The van der Waals surface area contributed by atoms with Gasteiger partial charge in [-0.15, -0.1) is 0 Å². The molecule has 0 bridgehead atoms. The van der Waals surface area contributed by atoms with Gasteiger partial charge in [-0.2, -0.15) is 5.10 Å². The van der Waals surface area contributed by atoms with Crippen LogP contribution in [0, 0.1) is 5.82 Å². The molecule has 3 N–H and O–H groups in total. The van der Waals surface area contributed by atoms with Crippen molar-refractivity contribution in [3.05, 3.63) is 30.1 Å². The molecule has 1 unspecified atom stereocenters. The number of primary amides is 1. The molecule has 1 heterocycles. The van der Waals surface area contributed by atoms with Gasteiger partial charge >= 0.3 is 0 Å². The summed E-state index contributed by atoms with van der Waals surface area (Å²) < 4.78 is 13.0. The number of anilines is 1. The number of benzene rings is 1. The number of carbonyl (C=O) groups excluding carboxylic acids is 2. The maximum Gasteiger partial charge on any atom is 0.267 e. The van der Waals surface area contributed by atoms with E-state index in [1.54, 1.807) is 0 Å². The Labute approximate surface area is 121 Å². The van der Waals surface area contributed by atoms with Crippen LogP contribution in [0.15, 0.2) is 29.4 Å². The zero-order chi connectivity index (χ0) is 15.6. The van der Waals surface area contributed by atoms with E-state index in [-0.39, 0.29) is 24.1 Å². The molecule has 1 aliphatic heterocycles. The van der Waals surface area contributed by atoms with Gasteiger partial charge in [-0.25, -0.2) is 4.39 Å². The van der Waals surface area contributed by atoms with Crippen molar-refractivity contribution < 1.29 is 14.0 Å². The van der Waals surface area contributed by atoms with Crippen LogP contribution in [0.25, 0.3) is 0 Å². The Hall–Kier alpha value is -2.44. The molecule has 0 radical (unpaired) electrons. The molecule has 0 aliphatic carbocycles. The summed E-state index contributed by atoms with van der Waals surface area (Å²) in [6.07, 6.45) is 0.130. The summed E-state index contributed by atoms with van der Waals surface area (Å²) in [7, 11) is 0. The number of hydrazone groups is 1. The van der Waals surface area contributed by atoms with E-state index in [0.29, 0.717) is 5.69 Å². The average Bonchev–Trinajstić information content (AvgIpc) is 2.84. The summed E-state index contributed by atoms with van der Waals surface area (Å²) in [5.41, 5.74) is 6.10. The third kappa shape index (κ3) is 3.36. The van der Waals surface area contributed by atoms with Crippen LogP contribution in [0.4, 0.5) is 10.1 Å². The lowest BCUT2D eigenvalue weighted by atomic mass is 10.1. The summed E-state index contributed by atoms with van der Waals surface area (Å²) in [6, 6.07) is 4.70. The average molecular weight is 292 g/mol. The number of halogens is 1. The molecule has 0 aromatic heterocycles. The van der Waals surface area contributed by atoms with Crippen molar-refractivity contribution in [3.63, 3.8) is 0 Å². The Morgan fingerprint density at radius 3 is 2.52 bits per heavy atom. The van der Waals surface area contributed by atoms with Gasteiger partial charge in [0.15, 0.2) is 0 Å². The van der Waals surface area contributed by atoms with E-state index < -0.39 is 17.8 Å². The van der Waals surface area contributed by atoms with Crippen molar-refractivity contribution in [1.82, 2.24) is 5.32 Å². The van der Waals surface area contributed by atoms with Gasteiger partial charge in [-0.3, -0.25) is 14.6 Å². The van der Waals surface area contributed by atoms with E-state index in [4.69, 9.17) is 5.73 Å². The number of hydrogen-bond donors (Lipinski definition) is 2. The number of nitrogens with one attached hydrogen (secondary N) is 1. The molecule has 7 heteroatoms. The van der Waals surface area contributed by atoms with Crippen LogP contribution in [0.5, 0.6) is 0 Å². The molecule has 2 rings (SSSR count). The van der Waals surface area contributed by atoms with E-state index in [2.05, 4.69) is 10.4 Å². The number of carbonyl (C=O) groups is 2. The highest BCUT2D eigenvalue weighted by molar-refractivity contribution is 6.40. The van der Waals surface area contributed by atoms with E-state index in [0.717, 1.165) is 0 Å². The van der Waals surface area contributed by atoms with Crippen LogP contribution in [-0.4, -0.2) is 29.6 Å². The molecular formula is C14H17FN4O2. The minimum Gasteiger partial charge on any atom is -0.368 e. The summed E-state index contributed by atoms with van der Waals surface area (Å²) in [4.78, 5) is 23.5. The predicted octanol–water partition coefficient (Wildman–Crippen LogP) is 0.770. The van der Waals surface area contributed by atoms with Crippen LogP contribution >= 0.6 is 0 Å². The van der Waals surface area contributed by atoms with Gasteiger partial charge in [-0.05, 0) is 38.1 Å². The van der Waals surface area contributed by atoms with Crippen molar-refractivity contribution >= 4 is 23.2 Å². The smallest absolute Gasteiger partial charge is 0.267 e. The minimum absolute atomic E-state index is 0.0351. The largest absolute Gasteiger partial charge is 0.368 e. The van der Waals surface area contributed by atoms with Gasteiger partial charge in [0.05, 0.1) is 5.69 Å². The van der Waals surface area contributed by atoms with Gasteiger partial charge < -0.3 is 11.1 Å². The van der Waals surface area contributed by atoms with Gasteiger partial charge in [0.1, 0.15) is 17.6 Å². The second-order valence-corrected chi connectivity index (χ2v) is 5.12. The first-order chi connectivity index (χ1) is 9.88. The summed E-state index contributed by atoms with van der Waals surface area (Å²) in [6.45, 7) is 3.66. The van der Waals surface area contributed by atoms with Crippen LogP contribution in [-0.2, 0) is 9.59 Å². The number of hydrogen-bond acceptors (Lipinski definition) is 4. The van der Waals surface area contributed by atoms with Crippen LogP contribution in [0.2, 0.25) is 0 Å². The summed E-state index contributed by atoms with van der Waals surface area (Å²) in [5, 5.41) is 8.23. The number of rotatable bonds is 4. The molecule has 21 heavy (non-hydrogen) atoms. The van der Waals surface area contributed by atoms with Crippen LogP contribution in [0.1, 0.15) is 20.3 Å². The number of amides is 2. The van der Waals surface area contributed by atoms with Gasteiger partial charge in [0.25, 0.3) is 5.91 Å². The molecule has 0 spiro atoms. The Kier molecular flexibility index (Phi) is 4.21. The zero-order valence-electron chi connectivity index (χ0n) is 11.8. The van der Waals surface area contributed by atoms with Gasteiger partial charge in [0, 0.05) is 12.5 Å². The quantitative estimate of drug-likeness (QED) is 0.859. The molecule has 6 nitrogen and oxygen atoms in total. The van der Waals surface area contributed by atoms with E-state index in [1.807, 2.05) is 13.8 Å². The molecular weight excluding hydrogens is 275 g/mol. The molecule has 0 saturated heterocycles. The topological polar surface area (TPSA) is 87.8 Å². The first-order valence-corrected chi connectivity index (χ1v) is 6.61. The summed E-state index contributed by atoms with van der Waals surface area (Å²) >= 11 is 0. The van der Waals surface area contributed by atoms with E-state index in [1.165, 1.54) is 29.3 Å². The van der Waals surface area contributed by atoms with Gasteiger partial charge in [0.2, 0.25) is 5.91 Å². The van der Waals surface area contributed by atoms with Crippen molar-refractivity contribution in [2.45, 2.75) is 32.4 Å². The number of nitrogens with two attached hydrogens (primary N) is 1. The number of nitrogens with zero attached hydrogens (tertiary/aromatic N) is 2. The SMILES string of the molecule is CC(C)NC(=O)C1=NN(c2ccc(F)cc2)C(C(N)=O)C1. The molecule has 112 valence electrons. The molecule has 0 fully saturated rings. The van der Waals surface area contributed by atoms with E-state index in [9.17, 15) is 14.0 Å². The third-order valence-electron chi connectivity index (χ3n) is 3.01. The first-order valence-electron chi connectivity index (χ1n) is 6.61. The highest BCUT2D eigenvalue weighted by Crippen LogP contribution is 2.24. The lowest BCUT2D eigenvalue weighted by Gasteiger charge is -2.20. The fourth-order valence-electron chi connectivity index (χ4n) is 2.05. The Morgan fingerprint density at radius 2 is 2.00 bits per heavy atom. The molecule has 0 saturated carbocycles. The maximum atomic E-state index is 13.0. The van der Waals surface area contributed by atoms with Crippen molar-refractivity contribution in [2.75, 3.05) is 5.01 Å². The van der Waals surface area contributed by atoms with E-state index >= 15 is 0 Å². The zero-order valence-corrected chi connectivity index (χ0v) is 11.8.